The molecule has 1 N–H and O–H groups in total. The van der Waals surface area contributed by atoms with Crippen LogP contribution in [0.3, 0.4) is 0 Å². The number of hydrogen-bond acceptors (Lipinski definition) is 4. The second-order valence-electron chi connectivity index (χ2n) is 6.87. The number of methoxy groups -OCH3 is 1. The van der Waals surface area contributed by atoms with Crippen molar-refractivity contribution in [1.82, 2.24) is 9.97 Å². The summed E-state index contributed by atoms with van der Waals surface area (Å²) >= 11 is 4.43. The lowest BCUT2D eigenvalue weighted by Gasteiger charge is -2.12. The molecule has 1 heterocycles. The summed E-state index contributed by atoms with van der Waals surface area (Å²) in [6.07, 6.45) is 1.79. The SMILES string of the molecule is COc1ccc2nc(/C(C#N)=C\c3cc(I)c(OCc4ccc(F)cc4)c(I)c3)[nH]c2c1. The fourth-order valence-electron chi connectivity index (χ4n) is 3.10. The van der Waals surface area contributed by atoms with E-state index in [-0.39, 0.29) is 5.82 Å². The van der Waals surface area contributed by atoms with E-state index in [0.29, 0.717) is 18.0 Å². The number of rotatable bonds is 6. The highest BCUT2D eigenvalue weighted by Crippen LogP contribution is 2.31. The monoisotopic (exact) mass is 651 g/mol. The highest BCUT2D eigenvalue weighted by Gasteiger charge is 2.12. The standard InChI is InChI=1S/C24H16FI2N3O2/c1-31-18-6-7-21-22(11-18)30-24(29-21)16(12-28)8-15-9-19(26)23(20(27)10-15)32-13-14-2-4-17(25)5-3-14/h2-11H,13H2,1H3,(H,29,30)/b16-8-. The molecule has 0 saturated carbocycles. The summed E-state index contributed by atoms with van der Waals surface area (Å²) < 4.78 is 26.1. The first kappa shape index (κ1) is 22.5. The summed E-state index contributed by atoms with van der Waals surface area (Å²) in [5.41, 5.74) is 3.73. The van der Waals surface area contributed by atoms with E-state index in [0.717, 1.165) is 40.8 Å². The van der Waals surface area contributed by atoms with E-state index >= 15 is 0 Å². The third-order valence-corrected chi connectivity index (χ3v) is 6.30. The minimum Gasteiger partial charge on any atom is -0.497 e. The minimum absolute atomic E-state index is 0.272. The van der Waals surface area contributed by atoms with Gasteiger partial charge in [-0.2, -0.15) is 5.26 Å². The number of ether oxygens (including phenoxy) is 2. The van der Waals surface area contributed by atoms with Gasteiger partial charge in [0.15, 0.2) is 0 Å². The summed E-state index contributed by atoms with van der Waals surface area (Å²) in [7, 11) is 1.61. The van der Waals surface area contributed by atoms with E-state index < -0.39 is 0 Å². The van der Waals surface area contributed by atoms with Crippen LogP contribution in [0, 0.1) is 24.3 Å². The Morgan fingerprint density at radius 2 is 1.84 bits per heavy atom. The molecule has 5 nitrogen and oxygen atoms in total. The van der Waals surface area contributed by atoms with Crippen LogP contribution in [0.25, 0.3) is 22.7 Å². The number of benzene rings is 3. The van der Waals surface area contributed by atoms with Crippen LogP contribution in [-0.4, -0.2) is 17.1 Å². The number of aromatic amines is 1. The van der Waals surface area contributed by atoms with Gasteiger partial charge in [0, 0.05) is 6.07 Å². The summed E-state index contributed by atoms with van der Waals surface area (Å²) in [4.78, 5) is 7.72. The number of nitriles is 1. The van der Waals surface area contributed by atoms with E-state index in [1.807, 2.05) is 30.3 Å². The first-order chi connectivity index (χ1) is 15.5. The number of allylic oxidation sites excluding steroid dienone is 1. The third-order valence-electron chi connectivity index (χ3n) is 4.69. The molecular formula is C24H16FI2N3O2. The molecule has 32 heavy (non-hydrogen) atoms. The smallest absolute Gasteiger partial charge is 0.149 e. The molecule has 0 spiro atoms. The Hall–Kier alpha value is -2.65. The van der Waals surface area contributed by atoms with Crippen molar-refractivity contribution in [3.63, 3.8) is 0 Å². The van der Waals surface area contributed by atoms with Crippen molar-refractivity contribution in [1.29, 1.82) is 5.26 Å². The molecule has 3 aromatic carbocycles. The maximum Gasteiger partial charge on any atom is 0.149 e. The summed E-state index contributed by atoms with van der Waals surface area (Å²) in [5, 5.41) is 9.73. The number of nitrogens with zero attached hydrogens (tertiary/aromatic N) is 2. The zero-order valence-corrected chi connectivity index (χ0v) is 21.1. The number of H-pyrrole nitrogens is 1. The van der Waals surface area contributed by atoms with Crippen molar-refractivity contribution in [2.45, 2.75) is 6.61 Å². The molecule has 0 fully saturated rings. The van der Waals surface area contributed by atoms with E-state index in [4.69, 9.17) is 9.47 Å². The predicted octanol–water partition coefficient (Wildman–Crippen LogP) is 6.56. The molecule has 4 aromatic rings. The van der Waals surface area contributed by atoms with Gasteiger partial charge in [-0.05, 0) is 98.8 Å². The predicted molar refractivity (Wildman–Crippen MR) is 139 cm³/mol. The largest absolute Gasteiger partial charge is 0.497 e. The topological polar surface area (TPSA) is 70.9 Å². The van der Waals surface area contributed by atoms with Crippen molar-refractivity contribution in [3.05, 3.63) is 84.5 Å². The first-order valence-corrected chi connectivity index (χ1v) is 11.6. The van der Waals surface area contributed by atoms with E-state index in [1.54, 1.807) is 25.3 Å². The molecule has 0 atom stereocenters. The Kier molecular flexibility index (Phi) is 6.95. The Labute approximate surface area is 211 Å². The van der Waals surface area contributed by atoms with Crippen LogP contribution in [0.15, 0.2) is 54.6 Å². The second-order valence-corrected chi connectivity index (χ2v) is 9.19. The fraction of sp³-hybridized carbons (Fsp3) is 0.0833. The van der Waals surface area contributed by atoms with Crippen LogP contribution < -0.4 is 9.47 Å². The Morgan fingerprint density at radius 1 is 1.12 bits per heavy atom. The Bertz CT molecular complexity index is 1340. The molecule has 160 valence electrons. The quantitative estimate of drug-likeness (QED) is 0.190. The van der Waals surface area contributed by atoms with Gasteiger partial charge >= 0.3 is 0 Å². The lowest BCUT2D eigenvalue weighted by molar-refractivity contribution is 0.301. The van der Waals surface area contributed by atoms with Crippen molar-refractivity contribution in [2.24, 2.45) is 0 Å². The lowest BCUT2D eigenvalue weighted by atomic mass is 10.1. The number of nitrogens with one attached hydrogen (secondary N) is 1. The highest BCUT2D eigenvalue weighted by molar-refractivity contribution is 14.1. The fourth-order valence-corrected chi connectivity index (χ4v) is 5.23. The van der Waals surface area contributed by atoms with Crippen LogP contribution in [0.1, 0.15) is 17.0 Å². The number of halogens is 3. The minimum atomic E-state index is -0.272. The average Bonchev–Trinajstić information content (AvgIpc) is 3.21. The van der Waals surface area contributed by atoms with Crippen molar-refractivity contribution in [3.8, 4) is 17.6 Å². The number of imidazole rings is 1. The van der Waals surface area contributed by atoms with Gasteiger partial charge in [0.05, 0.1) is 30.9 Å². The van der Waals surface area contributed by atoms with Crippen LogP contribution in [0.5, 0.6) is 11.5 Å². The molecule has 0 aliphatic heterocycles. The zero-order chi connectivity index (χ0) is 22.7. The Morgan fingerprint density at radius 3 is 2.50 bits per heavy atom. The molecule has 0 saturated heterocycles. The molecule has 4 rings (SSSR count). The summed E-state index contributed by atoms with van der Waals surface area (Å²) in [5.74, 6) is 1.70. The number of fused-ring (bicyclic) bond motifs is 1. The van der Waals surface area contributed by atoms with Crippen LogP contribution >= 0.6 is 45.2 Å². The maximum atomic E-state index is 13.1. The summed E-state index contributed by atoms with van der Waals surface area (Å²) in [6, 6.07) is 17.9. The molecule has 0 bridgehead atoms. The highest BCUT2D eigenvalue weighted by atomic mass is 127. The van der Waals surface area contributed by atoms with Crippen LogP contribution in [0.2, 0.25) is 0 Å². The molecule has 1 aromatic heterocycles. The van der Waals surface area contributed by atoms with Gasteiger partial charge in [-0.1, -0.05) is 12.1 Å². The van der Waals surface area contributed by atoms with Gasteiger partial charge in [0.2, 0.25) is 0 Å². The molecule has 8 heteroatoms. The molecule has 0 unspecified atom stereocenters. The van der Waals surface area contributed by atoms with Crippen molar-refractivity contribution >= 4 is 67.9 Å². The molecule has 0 radical (unpaired) electrons. The molecule has 0 amide bonds. The van der Waals surface area contributed by atoms with Crippen molar-refractivity contribution in [2.75, 3.05) is 7.11 Å². The van der Waals surface area contributed by atoms with Gasteiger partial charge in [0.1, 0.15) is 35.8 Å². The maximum absolute atomic E-state index is 13.1. The van der Waals surface area contributed by atoms with Gasteiger partial charge in [-0.3, -0.25) is 0 Å². The van der Waals surface area contributed by atoms with Crippen LogP contribution in [0.4, 0.5) is 4.39 Å². The summed E-state index contributed by atoms with van der Waals surface area (Å²) in [6.45, 7) is 0.341. The van der Waals surface area contributed by atoms with Gasteiger partial charge in [0.25, 0.3) is 0 Å². The van der Waals surface area contributed by atoms with E-state index in [9.17, 15) is 9.65 Å². The van der Waals surface area contributed by atoms with E-state index in [2.05, 4.69) is 61.2 Å². The van der Waals surface area contributed by atoms with Crippen LogP contribution in [-0.2, 0) is 6.61 Å². The third kappa shape index (κ3) is 5.05. The first-order valence-electron chi connectivity index (χ1n) is 9.49. The van der Waals surface area contributed by atoms with Gasteiger partial charge in [-0.15, -0.1) is 0 Å². The average molecular weight is 651 g/mol. The normalized spacial score (nSPS) is 11.4. The van der Waals surface area contributed by atoms with E-state index in [1.165, 1.54) is 12.1 Å². The molecular weight excluding hydrogens is 635 g/mol. The number of aromatic nitrogens is 2. The van der Waals surface area contributed by atoms with Crippen molar-refractivity contribution < 1.29 is 13.9 Å². The second kappa shape index (κ2) is 9.87. The molecule has 0 aliphatic carbocycles. The van der Waals surface area contributed by atoms with Gasteiger partial charge in [-0.25, -0.2) is 9.37 Å². The Balaban J connectivity index is 1.60. The lowest BCUT2D eigenvalue weighted by Crippen LogP contribution is -1.99. The zero-order valence-electron chi connectivity index (χ0n) is 16.8. The number of hydrogen-bond donors (Lipinski definition) is 1. The van der Waals surface area contributed by atoms with Gasteiger partial charge < -0.3 is 14.5 Å². The molecule has 0 aliphatic rings.